The first-order chi connectivity index (χ1) is 14.9. The molecule has 4 atom stereocenters. The zero-order valence-corrected chi connectivity index (χ0v) is 18.3. The number of methoxy groups -OCH3 is 2. The van der Waals surface area contributed by atoms with E-state index < -0.39 is 11.5 Å². The molecule has 3 fully saturated rings. The SMILES string of the molecule is COC(=O)C1=CC23CCCN4CCC5(c6cccc(OC)c6N(OC(C)=O)C15CC2)C43. The number of nitrogens with zero attached hydrogens (tertiary/aromatic N) is 2. The fourth-order valence-corrected chi connectivity index (χ4v) is 8.01. The molecule has 3 heterocycles. The second kappa shape index (κ2) is 6.03. The van der Waals surface area contributed by atoms with Crippen molar-refractivity contribution in [2.75, 3.05) is 32.4 Å². The minimum Gasteiger partial charge on any atom is -0.494 e. The summed E-state index contributed by atoms with van der Waals surface area (Å²) < 4.78 is 11.1. The molecule has 0 amide bonds. The Morgan fingerprint density at radius 3 is 2.68 bits per heavy atom. The van der Waals surface area contributed by atoms with Gasteiger partial charge >= 0.3 is 11.9 Å². The van der Waals surface area contributed by atoms with E-state index in [-0.39, 0.29) is 22.8 Å². The van der Waals surface area contributed by atoms with Gasteiger partial charge in [0.1, 0.15) is 17.0 Å². The minimum atomic E-state index is -0.790. The number of para-hydroxylation sites is 1. The largest absolute Gasteiger partial charge is 0.494 e. The number of hydrogen-bond donors (Lipinski definition) is 0. The van der Waals surface area contributed by atoms with Crippen LogP contribution in [0.4, 0.5) is 5.69 Å². The van der Waals surface area contributed by atoms with Gasteiger partial charge < -0.3 is 14.3 Å². The van der Waals surface area contributed by atoms with Crippen LogP contribution >= 0.6 is 0 Å². The number of esters is 1. The number of piperidine rings is 1. The first kappa shape index (κ1) is 19.2. The molecule has 7 rings (SSSR count). The standard InChI is InChI=1S/C24H28N2O5/c1-15(27)31-26-19-16(6-4-7-18(19)29-2)23-11-13-25-12-5-8-22(21(23)25)9-10-24(23,26)17(14-22)20(28)30-3/h4,6-7,14,21H,5,8-13H2,1-3H3. The number of ether oxygens (including phenoxy) is 2. The maximum Gasteiger partial charge on any atom is 0.336 e. The Hall–Kier alpha value is -2.54. The van der Waals surface area contributed by atoms with E-state index in [1.54, 1.807) is 12.2 Å². The van der Waals surface area contributed by atoms with Gasteiger partial charge in [-0.15, -0.1) is 0 Å². The van der Waals surface area contributed by atoms with Crippen LogP contribution in [0, 0.1) is 5.41 Å². The van der Waals surface area contributed by atoms with Crippen molar-refractivity contribution in [3.8, 4) is 5.75 Å². The molecule has 164 valence electrons. The molecule has 2 bridgehead atoms. The smallest absolute Gasteiger partial charge is 0.336 e. The molecule has 3 aliphatic carbocycles. The Bertz CT molecular complexity index is 1040. The van der Waals surface area contributed by atoms with Crippen LogP contribution in [-0.2, 0) is 24.6 Å². The molecular formula is C24H28N2O5. The Labute approximate surface area is 181 Å². The molecule has 3 spiro atoms. The van der Waals surface area contributed by atoms with Crippen molar-refractivity contribution < 1.29 is 23.9 Å². The van der Waals surface area contributed by atoms with Gasteiger partial charge in [-0.2, -0.15) is 5.06 Å². The van der Waals surface area contributed by atoms with E-state index in [4.69, 9.17) is 14.3 Å². The maximum atomic E-state index is 13.3. The summed E-state index contributed by atoms with van der Waals surface area (Å²) in [4.78, 5) is 34.2. The van der Waals surface area contributed by atoms with E-state index in [1.165, 1.54) is 14.0 Å². The second-order valence-electron chi connectivity index (χ2n) is 9.64. The van der Waals surface area contributed by atoms with Crippen LogP contribution in [-0.4, -0.2) is 55.7 Å². The maximum absolute atomic E-state index is 13.3. The first-order valence-electron chi connectivity index (χ1n) is 11.2. The Morgan fingerprint density at radius 2 is 1.94 bits per heavy atom. The lowest BCUT2D eigenvalue weighted by Gasteiger charge is -2.65. The minimum absolute atomic E-state index is 0.0629. The summed E-state index contributed by atoms with van der Waals surface area (Å²) >= 11 is 0. The summed E-state index contributed by atoms with van der Waals surface area (Å²) in [7, 11) is 3.07. The molecule has 1 aromatic rings. The molecule has 7 heteroatoms. The lowest BCUT2D eigenvalue weighted by Crippen LogP contribution is -2.75. The molecule has 31 heavy (non-hydrogen) atoms. The third-order valence-electron chi connectivity index (χ3n) is 8.70. The highest BCUT2D eigenvalue weighted by Gasteiger charge is 2.80. The van der Waals surface area contributed by atoms with Crippen molar-refractivity contribution in [1.82, 2.24) is 4.90 Å². The van der Waals surface area contributed by atoms with Gasteiger partial charge in [0.15, 0.2) is 0 Å². The van der Waals surface area contributed by atoms with Crippen molar-refractivity contribution in [2.45, 2.75) is 56.0 Å². The van der Waals surface area contributed by atoms with Gasteiger partial charge in [-0.1, -0.05) is 18.2 Å². The summed E-state index contributed by atoms with van der Waals surface area (Å²) in [5, 5.41) is 1.73. The van der Waals surface area contributed by atoms with Crippen molar-refractivity contribution in [2.24, 2.45) is 5.41 Å². The zero-order valence-electron chi connectivity index (χ0n) is 18.3. The van der Waals surface area contributed by atoms with Crippen LogP contribution in [0.5, 0.6) is 5.75 Å². The molecule has 1 saturated carbocycles. The van der Waals surface area contributed by atoms with Gasteiger partial charge in [0.25, 0.3) is 0 Å². The number of carbonyl (C=O) groups excluding carboxylic acids is 2. The van der Waals surface area contributed by atoms with E-state index in [2.05, 4.69) is 17.0 Å². The number of hydrogen-bond acceptors (Lipinski definition) is 7. The van der Waals surface area contributed by atoms with Gasteiger partial charge in [-0.25, -0.2) is 4.79 Å². The topological polar surface area (TPSA) is 68.3 Å². The summed E-state index contributed by atoms with van der Waals surface area (Å²) in [6, 6.07) is 6.32. The number of fused-ring (bicyclic) bond motifs is 2. The Morgan fingerprint density at radius 1 is 1.10 bits per heavy atom. The third-order valence-corrected chi connectivity index (χ3v) is 8.70. The van der Waals surface area contributed by atoms with E-state index >= 15 is 0 Å². The molecule has 2 saturated heterocycles. The molecule has 0 aromatic heterocycles. The molecule has 7 nitrogen and oxygen atoms in total. The fourth-order valence-electron chi connectivity index (χ4n) is 8.01. The van der Waals surface area contributed by atoms with Crippen molar-refractivity contribution in [1.29, 1.82) is 0 Å². The third kappa shape index (κ3) is 1.95. The lowest BCUT2D eigenvalue weighted by molar-refractivity contribution is -0.152. The van der Waals surface area contributed by atoms with Crippen molar-refractivity contribution >= 4 is 17.6 Å². The fraction of sp³-hybridized carbons (Fsp3) is 0.583. The van der Waals surface area contributed by atoms with Gasteiger partial charge in [0.05, 0.1) is 19.8 Å². The predicted molar refractivity (Wildman–Crippen MR) is 113 cm³/mol. The van der Waals surface area contributed by atoms with E-state index in [1.807, 2.05) is 12.1 Å². The van der Waals surface area contributed by atoms with Crippen molar-refractivity contribution in [3.63, 3.8) is 0 Å². The zero-order chi connectivity index (χ0) is 21.6. The molecule has 3 aliphatic heterocycles. The van der Waals surface area contributed by atoms with Crippen LogP contribution in [0.3, 0.4) is 0 Å². The second-order valence-corrected chi connectivity index (χ2v) is 9.64. The monoisotopic (exact) mass is 424 g/mol. The molecular weight excluding hydrogens is 396 g/mol. The molecule has 1 aromatic carbocycles. The summed E-state index contributed by atoms with van der Waals surface area (Å²) in [5.74, 6) is -0.0777. The highest BCUT2D eigenvalue weighted by Crippen LogP contribution is 2.74. The van der Waals surface area contributed by atoms with Crippen LogP contribution in [0.1, 0.15) is 44.6 Å². The molecule has 6 aliphatic rings. The number of rotatable bonds is 3. The van der Waals surface area contributed by atoms with Crippen LogP contribution in [0.25, 0.3) is 0 Å². The van der Waals surface area contributed by atoms with E-state index in [0.29, 0.717) is 11.3 Å². The predicted octanol–water partition coefficient (Wildman–Crippen LogP) is 2.73. The average Bonchev–Trinajstić information content (AvgIpc) is 3.30. The van der Waals surface area contributed by atoms with E-state index in [9.17, 15) is 9.59 Å². The van der Waals surface area contributed by atoms with Crippen LogP contribution < -0.4 is 9.80 Å². The van der Waals surface area contributed by atoms with Gasteiger partial charge in [0.2, 0.25) is 0 Å². The molecule has 4 unspecified atom stereocenters. The van der Waals surface area contributed by atoms with Gasteiger partial charge in [0, 0.05) is 23.8 Å². The highest BCUT2D eigenvalue weighted by molar-refractivity contribution is 5.97. The molecule has 0 N–H and O–H groups in total. The quantitative estimate of drug-likeness (QED) is 0.691. The van der Waals surface area contributed by atoms with E-state index in [0.717, 1.165) is 56.4 Å². The van der Waals surface area contributed by atoms with Crippen LogP contribution in [0.15, 0.2) is 29.8 Å². The Kier molecular flexibility index (Phi) is 3.73. The molecule has 0 radical (unpaired) electrons. The first-order valence-corrected chi connectivity index (χ1v) is 11.2. The normalized spacial score (nSPS) is 36.9. The Balaban J connectivity index is 1.73. The number of benzene rings is 1. The number of hydroxylamine groups is 1. The summed E-state index contributed by atoms with van der Waals surface area (Å²) in [5.41, 5.74) is 1.33. The van der Waals surface area contributed by atoms with Crippen LogP contribution in [0.2, 0.25) is 0 Å². The summed E-state index contributed by atoms with van der Waals surface area (Å²) in [6.45, 7) is 3.45. The van der Waals surface area contributed by atoms with Crippen molar-refractivity contribution in [3.05, 3.63) is 35.4 Å². The van der Waals surface area contributed by atoms with Gasteiger partial charge in [-0.3, -0.25) is 9.69 Å². The van der Waals surface area contributed by atoms with Gasteiger partial charge in [-0.05, 0) is 56.8 Å². The number of carbonyl (C=O) groups is 2. The highest BCUT2D eigenvalue weighted by atomic mass is 16.7. The average molecular weight is 424 g/mol. The number of anilines is 1. The lowest BCUT2D eigenvalue weighted by atomic mass is 9.42. The summed E-state index contributed by atoms with van der Waals surface area (Å²) in [6.07, 6.45) is 7.00.